The third-order valence-electron chi connectivity index (χ3n) is 5.95. The summed E-state index contributed by atoms with van der Waals surface area (Å²) in [7, 11) is 0. The summed E-state index contributed by atoms with van der Waals surface area (Å²) in [4.78, 5) is 18.7. The van der Waals surface area contributed by atoms with E-state index in [1.165, 1.54) is 0 Å². The maximum Gasteiger partial charge on any atom is 0.269 e. The quantitative estimate of drug-likeness (QED) is 0.275. The number of para-hydroxylation sites is 1. The molecule has 0 saturated carbocycles. The summed E-state index contributed by atoms with van der Waals surface area (Å²) >= 11 is 6.11. The third kappa shape index (κ3) is 3.81. The van der Waals surface area contributed by atoms with Gasteiger partial charge < -0.3 is 0 Å². The standard InChI is InChI=1S/C28H19ClN5O2/c29-22-12-14-23(15-13-22)33-26(20-10-8-19(9-11-20)21-5-4-16-32(36)18-21)31-27-25(28(33)35)17-30-34(27)24-6-2-1-3-7-24/h1-18,36H/q+1. The molecule has 3 heterocycles. The van der Waals surface area contributed by atoms with Crippen LogP contribution in [0.5, 0.6) is 0 Å². The zero-order valence-corrected chi connectivity index (χ0v) is 19.6. The van der Waals surface area contributed by atoms with Gasteiger partial charge in [0.2, 0.25) is 12.4 Å². The largest absolute Gasteiger partial charge is 0.285 e. The van der Waals surface area contributed by atoms with Crippen molar-refractivity contribution in [2.45, 2.75) is 0 Å². The van der Waals surface area contributed by atoms with Crippen LogP contribution >= 0.6 is 11.6 Å². The first-order valence-corrected chi connectivity index (χ1v) is 11.6. The van der Waals surface area contributed by atoms with Gasteiger partial charge in [0, 0.05) is 21.4 Å². The van der Waals surface area contributed by atoms with Crippen LogP contribution in [0.15, 0.2) is 114 Å². The molecule has 0 radical (unpaired) electrons. The van der Waals surface area contributed by atoms with E-state index in [2.05, 4.69) is 5.10 Å². The Hall–Kier alpha value is -4.75. The number of hydrogen-bond donors (Lipinski definition) is 1. The molecular formula is C28H19ClN5O2+. The number of hydrogen-bond acceptors (Lipinski definition) is 4. The Morgan fingerprint density at radius 1 is 0.778 bits per heavy atom. The van der Waals surface area contributed by atoms with Crippen molar-refractivity contribution in [1.82, 2.24) is 19.3 Å². The minimum Gasteiger partial charge on any atom is -0.285 e. The minimum atomic E-state index is -0.229. The molecule has 36 heavy (non-hydrogen) atoms. The van der Waals surface area contributed by atoms with E-state index in [1.54, 1.807) is 58.2 Å². The van der Waals surface area contributed by atoms with Gasteiger partial charge in [-0.2, -0.15) is 5.10 Å². The predicted molar refractivity (Wildman–Crippen MR) is 138 cm³/mol. The second-order valence-corrected chi connectivity index (χ2v) is 8.67. The van der Waals surface area contributed by atoms with Gasteiger partial charge in [-0.1, -0.05) is 54.1 Å². The average molecular weight is 493 g/mol. The van der Waals surface area contributed by atoms with Gasteiger partial charge >= 0.3 is 0 Å². The molecule has 0 aliphatic heterocycles. The van der Waals surface area contributed by atoms with Crippen molar-refractivity contribution in [2.75, 3.05) is 0 Å². The van der Waals surface area contributed by atoms with Gasteiger partial charge in [-0.3, -0.25) is 14.6 Å². The van der Waals surface area contributed by atoms with E-state index in [-0.39, 0.29) is 5.56 Å². The predicted octanol–water partition coefficient (Wildman–Crippen LogP) is 5.08. The Morgan fingerprint density at radius 3 is 2.22 bits per heavy atom. The molecule has 8 heteroatoms. The van der Waals surface area contributed by atoms with Crippen LogP contribution in [-0.4, -0.2) is 24.5 Å². The summed E-state index contributed by atoms with van der Waals surface area (Å²) in [5.74, 6) is 0.476. The third-order valence-corrected chi connectivity index (χ3v) is 6.20. The minimum absolute atomic E-state index is 0.229. The number of fused-ring (bicyclic) bond motifs is 1. The lowest BCUT2D eigenvalue weighted by Crippen LogP contribution is -2.28. The maximum absolute atomic E-state index is 13.8. The molecule has 0 saturated heterocycles. The maximum atomic E-state index is 13.8. The van der Waals surface area contributed by atoms with E-state index in [0.717, 1.165) is 27.1 Å². The van der Waals surface area contributed by atoms with Gasteiger partial charge in [-0.25, -0.2) is 9.67 Å². The molecule has 174 valence electrons. The van der Waals surface area contributed by atoms with E-state index < -0.39 is 0 Å². The SMILES string of the molecule is O=c1c2cnn(-c3ccccc3)c2nc(-c2ccc(-c3ccc[n+](O)c3)cc2)n1-c1ccc(Cl)cc1. The molecule has 6 rings (SSSR count). The molecule has 1 N–H and O–H groups in total. The lowest BCUT2D eigenvalue weighted by Gasteiger charge is -2.14. The fraction of sp³-hybridized carbons (Fsp3) is 0. The second kappa shape index (κ2) is 8.79. The van der Waals surface area contributed by atoms with Gasteiger partial charge in [0.15, 0.2) is 5.65 Å². The van der Waals surface area contributed by atoms with Crippen molar-refractivity contribution in [3.8, 4) is 33.9 Å². The van der Waals surface area contributed by atoms with Crippen LogP contribution in [0.3, 0.4) is 0 Å². The number of pyridine rings is 1. The van der Waals surface area contributed by atoms with Crippen molar-refractivity contribution in [3.05, 3.63) is 125 Å². The van der Waals surface area contributed by atoms with Gasteiger partial charge in [0.25, 0.3) is 5.56 Å². The van der Waals surface area contributed by atoms with Crippen LogP contribution in [0, 0.1) is 0 Å². The van der Waals surface area contributed by atoms with Gasteiger partial charge in [0.1, 0.15) is 11.2 Å². The van der Waals surface area contributed by atoms with E-state index in [1.807, 2.05) is 60.7 Å². The van der Waals surface area contributed by atoms with E-state index in [9.17, 15) is 10.0 Å². The molecule has 3 aromatic heterocycles. The van der Waals surface area contributed by atoms with Crippen LogP contribution in [0.4, 0.5) is 0 Å². The Morgan fingerprint density at radius 2 is 1.50 bits per heavy atom. The molecular weight excluding hydrogens is 474 g/mol. The first-order chi connectivity index (χ1) is 17.6. The number of aromatic nitrogens is 5. The zero-order valence-electron chi connectivity index (χ0n) is 18.9. The highest BCUT2D eigenvalue weighted by Gasteiger charge is 2.19. The van der Waals surface area contributed by atoms with Gasteiger partial charge in [-0.15, -0.1) is 0 Å². The van der Waals surface area contributed by atoms with Crippen LogP contribution in [-0.2, 0) is 0 Å². The topological polar surface area (TPSA) is 76.8 Å². The normalized spacial score (nSPS) is 11.1. The van der Waals surface area contributed by atoms with Crippen molar-refractivity contribution < 1.29 is 9.94 Å². The van der Waals surface area contributed by atoms with Crippen LogP contribution < -0.4 is 10.3 Å². The Bertz CT molecular complexity index is 1760. The van der Waals surface area contributed by atoms with Gasteiger partial charge in [-0.05, 0) is 48.0 Å². The number of nitrogens with zero attached hydrogens (tertiary/aromatic N) is 5. The smallest absolute Gasteiger partial charge is 0.269 e. The summed E-state index contributed by atoms with van der Waals surface area (Å²) in [6.45, 7) is 0. The Kier molecular flexibility index (Phi) is 5.32. The molecule has 0 unspecified atom stereocenters. The molecule has 0 atom stereocenters. The summed E-state index contributed by atoms with van der Waals surface area (Å²) in [6, 6.07) is 28.0. The number of rotatable bonds is 4. The lowest BCUT2D eigenvalue weighted by molar-refractivity contribution is -0.904. The molecule has 7 nitrogen and oxygen atoms in total. The molecule has 3 aromatic carbocycles. The first kappa shape index (κ1) is 21.8. The average Bonchev–Trinajstić information content (AvgIpc) is 3.34. The Labute approximate surface area is 210 Å². The molecule has 0 aliphatic carbocycles. The first-order valence-electron chi connectivity index (χ1n) is 11.2. The highest BCUT2D eigenvalue weighted by atomic mass is 35.5. The highest BCUT2D eigenvalue weighted by molar-refractivity contribution is 6.30. The Balaban J connectivity index is 1.58. The summed E-state index contributed by atoms with van der Waals surface area (Å²) in [5, 5.41) is 15.2. The highest BCUT2D eigenvalue weighted by Crippen LogP contribution is 2.27. The molecule has 6 aromatic rings. The summed E-state index contributed by atoms with van der Waals surface area (Å²) in [5.41, 5.74) is 4.22. The lowest BCUT2D eigenvalue weighted by atomic mass is 10.1. The fourth-order valence-electron chi connectivity index (χ4n) is 4.19. The zero-order chi connectivity index (χ0) is 24.6. The molecule has 0 fully saturated rings. The summed E-state index contributed by atoms with van der Waals surface area (Å²) in [6.07, 6.45) is 4.73. The van der Waals surface area contributed by atoms with E-state index in [0.29, 0.717) is 27.6 Å². The molecule has 0 bridgehead atoms. The van der Waals surface area contributed by atoms with Crippen LogP contribution in [0.1, 0.15) is 0 Å². The van der Waals surface area contributed by atoms with Crippen LogP contribution in [0.2, 0.25) is 5.02 Å². The monoisotopic (exact) mass is 492 g/mol. The number of benzene rings is 3. The molecule has 0 spiro atoms. The van der Waals surface area contributed by atoms with Crippen molar-refractivity contribution in [1.29, 1.82) is 0 Å². The van der Waals surface area contributed by atoms with E-state index >= 15 is 0 Å². The molecule has 0 amide bonds. The van der Waals surface area contributed by atoms with E-state index in [4.69, 9.17) is 16.6 Å². The number of halogens is 1. The molecule has 0 aliphatic rings. The summed E-state index contributed by atoms with van der Waals surface area (Å²) < 4.78 is 4.27. The van der Waals surface area contributed by atoms with Gasteiger partial charge in [0.05, 0.1) is 23.1 Å². The van der Waals surface area contributed by atoms with Crippen molar-refractivity contribution in [3.63, 3.8) is 0 Å². The van der Waals surface area contributed by atoms with Crippen LogP contribution in [0.25, 0.3) is 44.9 Å². The fourth-order valence-corrected chi connectivity index (χ4v) is 4.32. The second-order valence-electron chi connectivity index (χ2n) is 8.23. The van der Waals surface area contributed by atoms with Crippen molar-refractivity contribution in [2.24, 2.45) is 0 Å². The van der Waals surface area contributed by atoms with Crippen molar-refractivity contribution >= 4 is 22.6 Å².